The first-order valence-electron chi connectivity index (χ1n) is 7.26. The lowest BCUT2D eigenvalue weighted by atomic mass is 10.2. The molecule has 0 spiro atoms. The van der Waals surface area contributed by atoms with Crippen LogP contribution in [0.5, 0.6) is 0 Å². The van der Waals surface area contributed by atoms with Gasteiger partial charge in [0, 0.05) is 18.0 Å². The topological polar surface area (TPSA) is 54.0 Å². The van der Waals surface area contributed by atoms with Gasteiger partial charge in [-0.1, -0.05) is 23.7 Å². The molecule has 0 aliphatic carbocycles. The third kappa shape index (κ3) is 4.10. The molecular weight excluding hydrogens is 348 g/mol. The number of para-hydroxylation sites is 1. The zero-order chi connectivity index (χ0) is 17.8. The van der Waals surface area contributed by atoms with Crippen LogP contribution >= 0.6 is 11.6 Å². The average Bonchev–Trinajstić information content (AvgIpc) is 2.60. The third-order valence-electron chi connectivity index (χ3n) is 3.33. The summed E-state index contributed by atoms with van der Waals surface area (Å²) in [6.07, 6.45) is 2.91. The lowest BCUT2D eigenvalue weighted by molar-refractivity contribution is 0.102. The highest BCUT2D eigenvalue weighted by Gasteiger charge is 2.10. The van der Waals surface area contributed by atoms with Crippen LogP contribution in [-0.2, 0) is 0 Å². The van der Waals surface area contributed by atoms with Crippen LogP contribution < -0.4 is 10.6 Å². The van der Waals surface area contributed by atoms with Gasteiger partial charge in [-0.05, 0) is 30.3 Å². The molecule has 2 N–H and O–H groups in total. The third-order valence-corrected chi connectivity index (χ3v) is 3.66. The molecule has 0 saturated heterocycles. The van der Waals surface area contributed by atoms with Crippen LogP contribution in [0.25, 0.3) is 0 Å². The number of halogens is 3. The van der Waals surface area contributed by atoms with Crippen molar-refractivity contribution in [2.45, 2.75) is 0 Å². The second-order valence-corrected chi connectivity index (χ2v) is 5.56. The fourth-order valence-corrected chi connectivity index (χ4v) is 2.31. The first-order chi connectivity index (χ1) is 12.0. The lowest BCUT2D eigenvalue weighted by Crippen LogP contribution is -2.12. The van der Waals surface area contributed by atoms with Gasteiger partial charge in [0.05, 0.1) is 28.2 Å². The SMILES string of the molecule is O=C(Nc1ccc(F)c(F)c1)c1cncc(Nc2ccccc2Cl)c1. The Morgan fingerprint density at radius 1 is 0.960 bits per heavy atom. The highest BCUT2D eigenvalue weighted by Crippen LogP contribution is 2.25. The first-order valence-corrected chi connectivity index (χ1v) is 7.64. The van der Waals surface area contributed by atoms with Gasteiger partial charge in [0.1, 0.15) is 0 Å². The molecule has 1 aromatic heterocycles. The summed E-state index contributed by atoms with van der Waals surface area (Å²) in [6.45, 7) is 0. The van der Waals surface area contributed by atoms with E-state index in [1.807, 2.05) is 6.07 Å². The van der Waals surface area contributed by atoms with Gasteiger partial charge in [0.2, 0.25) is 0 Å². The molecule has 0 fully saturated rings. The number of nitrogens with one attached hydrogen (secondary N) is 2. The average molecular weight is 360 g/mol. The van der Waals surface area contributed by atoms with E-state index < -0.39 is 17.5 Å². The number of rotatable bonds is 4. The minimum absolute atomic E-state index is 0.147. The van der Waals surface area contributed by atoms with Crippen LogP contribution in [0.4, 0.5) is 25.8 Å². The lowest BCUT2D eigenvalue weighted by Gasteiger charge is -2.10. The molecule has 1 amide bonds. The predicted octanol–water partition coefficient (Wildman–Crippen LogP) is 5.01. The predicted molar refractivity (Wildman–Crippen MR) is 93.3 cm³/mol. The van der Waals surface area contributed by atoms with E-state index in [1.165, 1.54) is 18.5 Å². The van der Waals surface area contributed by atoms with Gasteiger partial charge >= 0.3 is 0 Å². The molecule has 0 aliphatic heterocycles. The Morgan fingerprint density at radius 3 is 2.52 bits per heavy atom. The van der Waals surface area contributed by atoms with Gasteiger partial charge in [-0.15, -0.1) is 0 Å². The number of hydrogen-bond donors (Lipinski definition) is 2. The number of benzene rings is 2. The normalized spacial score (nSPS) is 10.4. The minimum Gasteiger partial charge on any atom is -0.353 e. The highest BCUT2D eigenvalue weighted by molar-refractivity contribution is 6.33. The van der Waals surface area contributed by atoms with Crippen molar-refractivity contribution in [3.8, 4) is 0 Å². The standard InChI is InChI=1S/C18H12ClF2N3O/c19-14-3-1-2-4-17(14)23-13-7-11(9-22-10-13)18(25)24-12-5-6-15(20)16(21)8-12/h1-10,23H,(H,24,25). The summed E-state index contributed by atoms with van der Waals surface area (Å²) in [7, 11) is 0. The van der Waals surface area contributed by atoms with E-state index in [9.17, 15) is 13.6 Å². The van der Waals surface area contributed by atoms with E-state index in [0.717, 1.165) is 12.1 Å². The summed E-state index contributed by atoms with van der Waals surface area (Å²) in [4.78, 5) is 16.3. The van der Waals surface area contributed by atoms with E-state index in [2.05, 4.69) is 15.6 Å². The van der Waals surface area contributed by atoms with Gasteiger partial charge in [0.25, 0.3) is 5.91 Å². The Hall–Kier alpha value is -2.99. The molecule has 3 aromatic rings. The van der Waals surface area contributed by atoms with Crippen LogP contribution in [0.15, 0.2) is 60.9 Å². The molecule has 126 valence electrons. The van der Waals surface area contributed by atoms with Crippen molar-refractivity contribution in [1.29, 1.82) is 0 Å². The van der Waals surface area contributed by atoms with Crippen LogP contribution in [0.3, 0.4) is 0 Å². The van der Waals surface area contributed by atoms with Crippen molar-refractivity contribution in [3.05, 3.63) is 83.1 Å². The minimum atomic E-state index is -1.04. The molecule has 7 heteroatoms. The van der Waals surface area contributed by atoms with Gasteiger partial charge in [-0.3, -0.25) is 9.78 Å². The van der Waals surface area contributed by atoms with Crippen molar-refractivity contribution in [3.63, 3.8) is 0 Å². The van der Waals surface area contributed by atoms with E-state index in [-0.39, 0.29) is 11.3 Å². The molecule has 3 rings (SSSR count). The second-order valence-electron chi connectivity index (χ2n) is 5.15. The molecule has 0 bridgehead atoms. The number of nitrogens with zero attached hydrogens (tertiary/aromatic N) is 1. The zero-order valence-electron chi connectivity index (χ0n) is 12.8. The summed E-state index contributed by atoms with van der Waals surface area (Å²) in [5.74, 6) is -2.52. The van der Waals surface area contributed by atoms with Crippen LogP contribution in [0.2, 0.25) is 5.02 Å². The summed E-state index contributed by atoms with van der Waals surface area (Å²) < 4.78 is 26.2. The van der Waals surface area contributed by atoms with Crippen LogP contribution in [-0.4, -0.2) is 10.9 Å². The smallest absolute Gasteiger partial charge is 0.257 e. The molecule has 0 saturated carbocycles. The van der Waals surface area contributed by atoms with E-state index in [4.69, 9.17) is 11.6 Å². The number of aromatic nitrogens is 1. The van der Waals surface area contributed by atoms with Crippen molar-refractivity contribution < 1.29 is 13.6 Å². The first kappa shape index (κ1) is 16.9. The molecule has 1 heterocycles. The monoisotopic (exact) mass is 359 g/mol. The number of carbonyl (C=O) groups excluding carboxylic acids is 1. The molecule has 0 aliphatic rings. The number of anilines is 3. The fraction of sp³-hybridized carbons (Fsp3) is 0. The maximum Gasteiger partial charge on any atom is 0.257 e. The van der Waals surface area contributed by atoms with Crippen molar-refractivity contribution >= 4 is 34.6 Å². The summed E-state index contributed by atoms with van der Waals surface area (Å²) in [5, 5.41) is 6.08. The molecule has 25 heavy (non-hydrogen) atoms. The Morgan fingerprint density at radius 2 is 1.76 bits per heavy atom. The Balaban J connectivity index is 1.77. The molecule has 2 aromatic carbocycles. The molecule has 0 unspecified atom stereocenters. The van der Waals surface area contributed by atoms with Gasteiger partial charge in [-0.25, -0.2) is 8.78 Å². The summed E-state index contributed by atoms with van der Waals surface area (Å²) in [5.41, 5.74) is 1.63. The summed E-state index contributed by atoms with van der Waals surface area (Å²) in [6, 6.07) is 11.8. The largest absolute Gasteiger partial charge is 0.353 e. The molecule has 0 radical (unpaired) electrons. The van der Waals surface area contributed by atoms with Crippen LogP contribution in [0, 0.1) is 11.6 Å². The van der Waals surface area contributed by atoms with E-state index in [1.54, 1.807) is 24.3 Å². The number of pyridine rings is 1. The highest BCUT2D eigenvalue weighted by atomic mass is 35.5. The maximum absolute atomic E-state index is 13.2. The van der Waals surface area contributed by atoms with Gasteiger partial charge < -0.3 is 10.6 Å². The molecular formula is C18H12ClF2N3O. The summed E-state index contributed by atoms with van der Waals surface area (Å²) >= 11 is 6.08. The second kappa shape index (κ2) is 7.27. The van der Waals surface area contributed by atoms with E-state index >= 15 is 0 Å². The fourth-order valence-electron chi connectivity index (χ4n) is 2.13. The quantitative estimate of drug-likeness (QED) is 0.688. The number of amides is 1. The zero-order valence-corrected chi connectivity index (χ0v) is 13.5. The Labute approximate surface area is 147 Å². The van der Waals surface area contributed by atoms with Crippen molar-refractivity contribution in [2.75, 3.05) is 10.6 Å². The van der Waals surface area contributed by atoms with Crippen LogP contribution in [0.1, 0.15) is 10.4 Å². The Kier molecular flexibility index (Phi) is 4.90. The van der Waals surface area contributed by atoms with E-state index in [0.29, 0.717) is 16.4 Å². The van der Waals surface area contributed by atoms with Gasteiger partial charge in [0.15, 0.2) is 11.6 Å². The maximum atomic E-state index is 13.2. The number of hydrogen-bond acceptors (Lipinski definition) is 3. The van der Waals surface area contributed by atoms with Crippen molar-refractivity contribution in [2.24, 2.45) is 0 Å². The Bertz CT molecular complexity index is 934. The van der Waals surface area contributed by atoms with Crippen molar-refractivity contribution in [1.82, 2.24) is 4.98 Å². The molecule has 0 atom stereocenters. The molecule has 4 nitrogen and oxygen atoms in total. The van der Waals surface area contributed by atoms with Gasteiger partial charge in [-0.2, -0.15) is 0 Å². The number of carbonyl (C=O) groups is 1.